The first-order chi connectivity index (χ1) is 9.52. The number of allylic oxidation sites excluding steroid dienone is 1. The van der Waals surface area contributed by atoms with Gasteiger partial charge in [0.1, 0.15) is 0 Å². The monoisotopic (exact) mass is 310 g/mol. The lowest BCUT2D eigenvalue weighted by Gasteiger charge is -2.11. The predicted molar refractivity (Wildman–Crippen MR) is 81.9 cm³/mol. The van der Waals surface area contributed by atoms with Crippen LogP contribution in [0.25, 0.3) is 6.08 Å². The first kappa shape index (κ1) is 15.1. The summed E-state index contributed by atoms with van der Waals surface area (Å²) in [4.78, 5) is 23.9. The van der Waals surface area contributed by atoms with Crippen LogP contribution < -0.4 is 0 Å². The van der Waals surface area contributed by atoms with Crippen LogP contribution in [0.5, 0.6) is 0 Å². The van der Waals surface area contributed by atoms with Crippen LogP contribution in [0.15, 0.2) is 23.1 Å². The Bertz CT molecular complexity index is 580. The number of benzene rings is 1. The third kappa shape index (κ3) is 3.25. The van der Waals surface area contributed by atoms with Gasteiger partial charge < -0.3 is 4.74 Å². The van der Waals surface area contributed by atoms with Crippen LogP contribution in [0, 0.1) is 0 Å². The van der Waals surface area contributed by atoms with Gasteiger partial charge in [-0.05, 0) is 30.2 Å². The largest absolute Gasteiger partial charge is 0.469 e. The van der Waals surface area contributed by atoms with Crippen molar-refractivity contribution >= 4 is 41.2 Å². The normalized spacial score (nSPS) is 18.4. The molecule has 0 radical (unpaired) electrons. The molecule has 1 aliphatic rings. The van der Waals surface area contributed by atoms with Crippen LogP contribution in [0.4, 0.5) is 0 Å². The molecular formula is C15H15ClO3S. The summed E-state index contributed by atoms with van der Waals surface area (Å²) in [6.45, 7) is 1.77. The van der Waals surface area contributed by atoms with Gasteiger partial charge >= 0.3 is 5.97 Å². The Balaban J connectivity index is 2.26. The highest BCUT2D eigenvalue weighted by atomic mass is 35.5. The number of thioether (sulfide) groups is 1. The van der Waals surface area contributed by atoms with Crippen LogP contribution in [-0.4, -0.2) is 24.6 Å². The lowest BCUT2D eigenvalue weighted by atomic mass is 9.99. The minimum Gasteiger partial charge on any atom is -0.469 e. The molecule has 1 aromatic carbocycles. The van der Waals surface area contributed by atoms with E-state index in [9.17, 15) is 9.59 Å². The molecule has 0 bridgehead atoms. The van der Waals surface area contributed by atoms with Crippen molar-refractivity contribution in [2.24, 2.45) is 0 Å². The lowest BCUT2D eigenvalue weighted by molar-refractivity contribution is -0.142. The van der Waals surface area contributed by atoms with Gasteiger partial charge in [-0.15, -0.1) is 11.8 Å². The van der Waals surface area contributed by atoms with E-state index >= 15 is 0 Å². The van der Waals surface area contributed by atoms with E-state index in [-0.39, 0.29) is 17.7 Å². The Hall–Kier alpha value is -1.26. The number of hydrogen-bond acceptors (Lipinski definition) is 4. The van der Waals surface area contributed by atoms with Gasteiger partial charge in [0.15, 0.2) is 5.78 Å². The van der Waals surface area contributed by atoms with E-state index < -0.39 is 0 Å². The SMILES string of the molecule is COC(=O)C(C)c1ccc(C=C2SCCC2=O)c(Cl)c1. The quantitative estimate of drug-likeness (QED) is 0.631. The smallest absolute Gasteiger partial charge is 0.312 e. The van der Waals surface area contributed by atoms with Gasteiger partial charge in [0, 0.05) is 17.2 Å². The molecule has 1 heterocycles. The second kappa shape index (κ2) is 6.46. The average molecular weight is 311 g/mol. The van der Waals surface area contributed by atoms with E-state index in [0.29, 0.717) is 11.4 Å². The molecule has 1 fully saturated rings. The number of methoxy groups -OCH3 is 1. The summed E-state index contributed by atoms with van der Waals surface area (Å²) in [7, 11) is 1.36. The van der Waals surface area contributed by atoms with Crippen LogP contribution in [-0.2, 0) is 14.3 Å². The maximum Gasteiger partial charge on any atom is 0.312 e. The van der Waals surface area contributed by atoms with E-state index in [2.05, 4.69) is 0 Å². The number of Topliss-reactive ketones (excluding diaryl/α,β-unsaturated/α-hetero) is 1. The number of carbonyl (C=O) groups excluding carboxylic acids is 2. The Morgan fingerprint density at radius 2 is 2.25 bits per heavy atom. The van der Waals surface area contributed by atoms with Crippen molar-refractivity contribution in [1.82, 2.24) is 0 Å². The third-order valence-electron chi connectivity index (χ3n) is 3.23. The molecule has 20 heavy (non-hydrogen) atoms. The van der Waals surface area contributed by atoms with Crippen molar-refractivity contribution in [3.8, 4) is 0 Å². The third-order valence-corrected chi connectivity index (χ3v) is 4.62. The molecular weight excluding hydrogens is 296 g/mol. The lowest BCUT2D eigenvalue weighted by Crippen LogP contribution is -2.10. The van der Waals surface area contributed by atoms with Crippen molar-refractivity contribution in [3.63, 3.8) is 0 Å². The zero-order valence-corrected chi connectivity index (χ0v) is 12.9. The van der Waals surface area contributed by atoms with Gasteiger partial charge in [-0.3, -0.25) is 9.59 Å². The van der Waals surface area contributed by atoms with Gasteiger partial charge in [0.05, 0.1) is 17.9 Å². The zero-order valence-electron chi connectivity index (χ0n) is 11.3. The molecule has 1 atom stereocenters. The summed E-state index contributed by atoms with van der Waals surface area (Å²) in [5.74, 6) is 0.341. The second-order valence-electron chi connectivity index (χ2n) is 4.56. The highest BCUT2D eigenvalue weighted by Crippen LogP contribution is 2.32. The molecule has 1 saturated heterocycles. The number of ether oxygens (including phenoxy) is 1. The van der Waals surface area contributed by atoms with Gasteiger partial charge in [-0.1, -0.05) is 23.7 Å². The summed E-state index contributed by atoms with van der Waals surface area (Å²) in [5, 5.41) is 0.533. The van der Waals surface area contributed by atoms with E-state index in [0.717, 1.165) is 21.8 Å². The molecule has 3 nitrogen and oxygen atoms in total. The molecule has 0 amide bonds. The molecule has 1 unspecified atom stereocenters. The second-order valence-corrected chi connectivity index (χ2v) is 6.10. The van der Waals surface area contributed by atoms with Crippen molar-refractivity contribution in [1.29, 1.82) is 0 Å². The number of rotatable bonds is 3. The van der Waals surface area contributed by atoms with E-state index in [1.807, 2.05) is 18.2 Å². The van der Waals surface area contributed by atoms with Gasteiger partial charge in [-0.25, -0.2) is 0 Å². The minimum atomic E-state index is -0.360. The van der Waals surface area contributed by atoms with Crippen molar-refractivity contribution in [2.75, 3.05) is 12.9 Å². The number of carbonyl (C=O) groups is 2. The fourth-order valence-electron chi connectivity index (χ4n) is 1.96. The Morgan fingerprint density at radius 1 is 1.50 bits per heavy atom. The number of esters is 1. The summed E-state index contributed by atoms with van der Waals surface area (Å²) in [6.07, 6.45) is 2.40. The minimum absolute atomic E-state index is 0.165. The summed E-state index contributed by atoms with van der Waals surface area (Å²) in [6, 6.07) is 5.42. The van der Waals surface area contributed by atoms with Crippen molar-refractivity contribution in [3.05, 3.63) is 39.3 Å². The Kier molecular flexibility index (Phi) is 4.89. The van der Waals surface area contributed by atoms with E-state index in [4.69, 9.17) is 16.3 Å². The van der Waals surface area contributed by atoms with Crippen LogP contribution in [0.3, 0.4) is 0 Å². The number of ketones is 1. The maximum atomic E-state index is 11.6. The topological polar surface area (TPSA) is 43.4 Å². The molecule has 0 aliphatic carbocycles. The highest BCUT2D eigenvalue weighted by Gasteiger charge is 2.19. The summed E-state index contributed by atoms with van der Waals surface area (Å²) < 4.78 is 4.72. The maximum absolute atomic E-state index is 11.6. The fourth-order valence-corrected chi connectivity index (χ4v) is 3.19. The standard InChI is InChI=1S/C15H15ClO3S/c1-9(15(18)19-2)10-3-4-11(12(16)7-10)8-14-13(17)5-6-20-14/h3-4,7-9H,5-6H2,1-2H3. The fraction of sp³-hybridized carbons (Fsp3) is 0.333. The van der Waals surface area contributed by atoms with Gasteiger partial charge in [-0.2, -0.15) is 0 Å². The Morgan fingerprint density at radius 3 is 2.80 bits per heavy atom. The average Bonchev–Trinajstić information content (AvgIpc) is 2.84. The molecule has 2 rings (SSSR count). The van der Waals surface area contributed by atoms with Crippen LogP contribution in [0.1, 0.15) is 30.4 Å². The van der Waals surface area contributed by atoms with Gasteiger partial charge in [0.2, 0.25) is 0 Å². The van der Waals surface area contributed by atoms with Crippen LogP contribution >= 0.6 is 23.4 Å². The predicted octanol–water partition coefficient (Wildman–Crippen LogP) is 3.66. The highest BCUT2D eigenvalue weighted by molar-refractivity contribution is 8.04. The van der Waals surface area contributed by atoms with Crippen LogP contribution in [0.2, 0.25) is 5.02 Å². The number of hydrogen-bond donors (Lipinski definition) is 0. The molecule has 5 heteroatoms. The summed E-state index contributed by atoms with van der Waals surface area (Å²) in [5.41, 5.74) is 1.60. The molecule has 0 saturated carbocycles. The summed E-state index contributed by atoms with van der Waals surface area (Å²) >= 11 is 7.78. The van der Waals surface area contributed by atoms with Crippen molar-refractivity contribution in [2.45, 2.75) is 19.3 Å². The van der Waals surface area contributed by atoms with Crippen molar-refractivity contribution < 1.29 is 14.3 Å². The molecule has 0 aromatic heterocycles. The molecule has 0 spiro atoms. The van der Waals surface area contributed by atoms with E-state index in [1.54, 1.807) is 24.8 Å². The molecule has 1 aliphatic heterocycles. The molecule has 1 aromatic rings. The van der Waals surface area contributed by atoms with Gasteiger partial charge in [0.25, 0.3) is 0 Å². The van der Waals surface area contributed by atoms with E-state index in [1.165, 1.54) is 7.11 Å². The molecule has 0 N–H and O–H groups in total. The zero-order chi connectivity index (χ0) is 14.7. The molecule has 106 valence electrons. The first-order valence-electron chi connectivity index (χ1n) is 6.28. The first-order valence-corrected chi connectivity index (χ1v) is 7.64. The Labute approximate surface area is 127 Å². The number of halogens is 1.